The van der Waals surface area contributed by atoms with Gasteiger partial charge in [0.2, 0.25) is 5.90 Å². The minimum atomic E-state index is -0.607. The number of anilines is 1. The van der Waals surface area contributed by atoms with Crippen molar-refractivity contribution < 1.29 is 18.7 Å². The first-order valence-electron chi connectivity index (χ1n) is 11.0. The molecule has 0 atom stereocenters. The lowest BCUT2D eigenvalue weighted by molar-refractivity contribution is -0.129. The van der Waals surface area contributed by atoms with Crippen molar-refractivity contribution in [3.05, 3.63) is 94.4 Å². The molecular weight excluding hydrogens is 471 g/mol. The van der Waals surface area contributed by atoms with Gasteiger partial charge < -0.3 is 14.4 Å². The number of ether oxygens (including phenoxy) is 2. The minimum Gasteiger partial charge on any atom is -0.402 e. The van der Waals surface area contributed by atoms with Crippen LogP contribution in [0.2, 0.25) is 5.02 Å². The van der Waals surface area contributed by atoms with Crippen LogP contribution in [0.1, 0.15) is 11.1 Å². The van der Waals surface area contributed by atoms with E-state index in [9.17, 15) is 9.18 Å². The molecule has 9 heteroatoms. The Morgan fingerprint density at radius 1 is 0.943 bits per heavy atom. The topological polar surface area (TPSA) is 75.8 Å². The van der Waals surface area contributed by atoms with E-state index in [0.717, 1.165) is 37.7 Å². The molecule has 0 unspecified atom stereocenters. The maximum absolute atomic E-state index is 13.2. The fourth-order valence-electron chi connectivity index (χ4n) is 3.64. The molecule has 35 heavy (non-hydrogen) atoms. The number of halogens is 2. The zero-order chi connectivity index (χ0) is 24.2. The van der Waals surface area contributed by atoms with Gasteiger partial charge in [-0.15, -0.1) is 0 Å². The van der Waals surface area contributed by atoms with Crippen LogP contribution >= 0.6 is 11.6 Å². The SMILES string of the molecule is O=C1OC(c2ccc(N=Nc3ccc(N4CCOCC4)cc3)cc2)=N/C1=C/c1ccc(F)cc1Cl. The van der Waals surface area contributed by atoms with E-state index in [4.69, 9.17) is 21.1 Å². The van der Waals surface area contributed by atoms with Gasteiger partial charge in [-0.3, -0.25) is 0 Å². The first kappa shape index (κ1) is 22.9. The Kier molecular flexibility index (Phi) is 6.65. The summed E-state index contributed by atoms with van der Waals surface area (Å²) in [5, 5.41) is 8.75. The lowest BCUT2D eigenvalue weighted by Gasteiger charge is -2.28. The standard InChI is InChI=1S/C26H20ClFN4O3/c27-23-16-19(28)4-1-18(23)15-24-26(33)35-25(29-24)17-2-5-20(6-3-17)30-31-21-7-9-22(10-8-21)32-11-13-34-14-12-32/h1-10,15-16H,11-14H2/b24-15+,31-30?. The summed E-state index contributed by atoms with van der Waals surface area (Å²) in [5.74, 6) is -0.899. The monoisotopic (exact) mass is 490 g/mol. The predicted molar refractivity (Wildman–Crippen MR) is 132 cm³/mol. The Morgan fingerprint density at radius 2 is 1.60 bits per heavy atom. The van der Waals surface area contributed by atoms with Crippen molar-refractivity contribution in [1.29, 1.82) is 0 Å². The lowest BCUT2D eigenvalue weighted by atomic mass is 10.2. The maximum atomic E-state index is 13.2. The number of cyclic esters (lactones) is 1. The number of carbonyl (C=O) groups excluding carboxylic acids is 1. The summed E-state index contributed by atoms with van der Waals surface area (Å²) in [7, 11) is 0. The van der Waals surface area contributed by atoms with E-state index in [-0.39, 0.29) is 16.6 Å². The zero-order valence-electron chi connectivity index (χ0n) is 18.5. The first-order chi connectivity index (χ1) is 17.0. The molecule has 5 rings (SSSR count). The first-order valence-corrected chi connectivity index (χ1v) is 11.4. The smallest absolute Gasteiger partial charge is 0.363 e. The van der Waals surface area contributed by atoms with E-state index >= 15 is 0 Å². The number of rotatable bonds is 5. The molecule has 0 radical (unpaired) electrons. The van der Waals surface area contributed by atoms with Crippen LogP contribution in [0, 0.1) is 5.82 Å². The van der Waals surface area contributed by atoms with E-state index < -0.39 is 11.8 Å². The molecule has 2 aliphatic heterocycles. The second-order valence-corrected chi connectivity index (χ2v) is 8.27. The summed E-state index contributed by atoms with van der Waals surface area (Å²) in [6.45, 7) is 3.24. The van der Waals surface area contributed by atoms with Gasteiger partial charge >= 0.3 is 5.97 Å². The predicted octanol–water partition coefficient (Wildman–Crippen LogP) is 6.08. The molecule has 1 fully saturated rings. The van der Waals surface area contributed by atoms with E-state index in [1.54, 1.807) is 24.3 Å². The van der Waals surface area contributed by atoms with Gasteiger partial charge in [0.05, 0.1) is 29.6 Å². The highest BCUT2D eigenvalue weighted by Gasteiger charge is 2.24. The van der Waals surface area contributed by atoms with Gasteiger partial charge in [-0.1, -0.05) is 17.7 Å². The summed E-state index contributed by atoms with van der Waals surface area (Å²) in [6, 6.07) is 18.8. The average molecular weight is 491 g/mol. The Bertz CT molecular complexity index is 1330. The molecular formula is C26H20ClFN4O3. The molecule has 2 heterocycles. The molecule has 3 aromatic rings. The number of esters is 1. The quantitative estimate of drug-likeness (QED) is 0.247. The molecule has 1 saturated heterocycles. The Hall–Kier alpha value is -3.88. The van der Waals surface area contributed by atoms with Gasteiger partial charge in [0.25, 0.3) is 0 Å². The molecule has 0 aromatic heterocycles. The number of morpholine rings is 1. The molecule has 0 spiro atoms. The van der Waals surface area contributed by atoms with Crippen molar-refractivity contribution in [3.8, 4) is 0 Å². The maximum Gasteiger partial charge on any atom is 0.363 e. The van der Waals surface area contributed by atoms with Crippen LogP contribution in [-0.4, -0.2) is 38.2 Å². The van der Waals surface area contributed by atoms with Crippen LogP contribution in [0.5, 0.6) is 0 Å². The van der Waals surface area contributed by atoms with E-state index in [1.807, 2.05) is 24.3 Å². The number of hydrogen-bond acceptors (Lipinski definition) is 7. The second kappa shape index (κ2) is 10.2. The summed E-state index contributed by atoms with van der Waals surface area (Å²) in [6.07, 6.45) is 1.46. The van der Waals surface area contributed by atoms with Crippen molar-refractivity contribution in [1.82, 2.24) is 0 Å². The number of benzene rings is 3. The highest BCUT2D eigenvalue weighted by Crippen LogP contribution is 2.26. The Labute approximate surface area is 206 Å². The minimum absolute atomic E-state index is 0.0813. The number of aliphatic imine (C=N–C) groups is 1. The highest BCUT2D eigenvalue weighted by molar-refractivity contribution is 6.32. The molecule has 0 amide bonds. The van der Waals surface area contributed by atoms with Crippen LogP contribution in [0.15, 0.2) is 87.6 Å². The van der Waals surface area contributed by atoms with E-state index in [0.29, 0.717) is 16.8 Å². The molecule has 0 aliphatic carbocycles. The summed E-state index contributed by atoms with van der Waals surface area (Å²) < 4.78 is 23.9. The van der Waals surface area contributed by atoms with Gasteiger partial charge in [-0.05, 0) is 72.3 Å². The molecule has 176 valence electrons. The third-order valence-corrected chi connectivity index (χ3v) is 5.82. The number of azo groups is 1. The second-order valence-electron chi connectivity index (χ2n) is 7.86. The van der Waals surface area contributed by atoms with Gasteiger partial charge in [-0.2, -0.15) is 10.2 Å². The van der Waals surface area contributed by atoms with Crippen molar-refractivity contribution in [2.75, 3.05) is 31.2 Å². The van der Waals surface area contributed by atoms with Crippen molar-refractivity contribution in [3.63, 3.8) is 0 Å². The fourth-order valence-corrected chi connectivity index (χ4v) is 3.86. The van der Waals surface area contributed by atoms with Gasteiger partial charge in [-0.25, -0.2) is 14.2 Å². The highest BCUT2D eigenvalue weighted by atomic mass is 35.5. The number of hydrogen-bond donors (Lipinski definition) is 0. The molecule has 0 saturated carbocycles. The van der Waals surface area contributed by atoms with Crippen LogP contribution in [-0.2, 0) is 14.3 Å². The van der Waals surface area contributed by atoms with Crippen LogP contribution in [0.4, 0.5) is 21.5 Å². The summed E-state index contributed by atoms with van der Waals surface area (Å²) >= 11 is 6.03. The van der Waals surface area contributed by atoms with Crippen molar-refractivity contribution >= 4 is 46.6 Å². The molecule has 2 aliphatic rings. The van der Waals surface area contributed by atoms with Crippen molar-refractivity contribution in [2.45, 2.75) is 0 Å². The largest absolute Gasteiger partial charge is 0.402 e. The number of carbonyl (C=O) groups is 1. The van der Waals surface area contributed by atoms with E-state index in [2.05, 4.69) is 20.1 Å². The van der Waals surface area contributed by atoms with Crippen LogP contribution in [0.25, 0.3) is 6.08 Å². The van der Waals surface area contributed by atoms with Crippen LogP contribution in [0.3, 0.4) is 0 Å². The van der Waals surface area contributed by atoms with Gasteiger partial charge in [0.1, 0.15) is 5.82 Å². The average Bonchev–Trinajstić information content (AvgIpc) is 3.25. The molecule has 3 aromatic carbocycles. The summed E-state index contributed by atoms with van der Waals surface area (Å²) in [5.41, 5.74) is 3.69. The zero-order valence-corrected chi connectivity index (χ0v) is 19.3. The summed E-state index contributed by atoms with van der Waals surface area (Å²) in [4.78, 5) is 18.8. The fraction of sp³-hybridized carbons (Fsp3) is 0.154. The lowest BCUT2D eigenvalue weighted by Crippen LogP contribution is -2.36. The Balaban J connectivity index is 1.26. The number of nitrogens with zero attached hydrogens (tertiary/aromatic N) is 4. The molecule has 7 nitrogen and oxygen atoms in total. The van der Waals surface area contributed by atoms with Gasteiger partial charge in [0, 0.05) is 24.3 Å². The molecule has 0 bridgehead atoms. The van der Waals surface area contributed by atoms with Crippen molar-refractivity contribution in [2.24, 2.45) is 15.2 Å². The van der Waals surface area contributed by atoms with Crippen LogP contribution < -0.4 is 4.90 Å². The normalized spacial score (nSPS) is 17.2. The molecule has 0 N–H and O–H groups in total. The third-order valence-electron chi connectivity index (χ3n) is 5.50. The van der Waals surface area contributed by atoms with Gasteiger partial charge in [0.15, 0.2) is 5.70 Å². The van der Waals surface area contributed by atoms with E-state index in [1.165, 1.54) is 24.3 Å². The third kappa shape index (κ3) is 5.45. The Morgan fingerprint density at radius 3 is 2.26 bits per heavy atom.